The van der Waals surface area contributed by atoms with E-state index in [-0.39, 0.29) is 11.9 Å². The molecule has 0 spiro atoms. The van der Waals surface area contributed by atoms with Gasteiger partial charge in [0, 0.05) is 34.6 Å². The summed E-state index contributed by atoms with van der Waals surface area (Å²) < 4.78 is 0. The number of aryl methyl sites for hydroxylation is 2. The Balaban J connectivity index is 1.48. The van der Waals surface area contributed by atoms with Crippen LogP contribution in [0.25, 0.3) is 10.9 Å². The van der Waals surface area contributed by atoms with Gasteiger partial charge in [-0.15, -0.1) is 0 Å². The molecule has 1 atom stereocenters. The Hall–Kier alpha value is -2.55. The molecule has 0 radical (unpaired) electrons. The van der Waals surface area contributed by atoms with Crippen molar-refractivity contribution in [1.82, 2.24) is 10.3 Å². The molecule has 1 heterocycles. The smallest absolute Gasteiger partial charge is 0.251 e. The van der Waals surface area contributed by atoms with Crippen LogP contribution in [0.1, 0.15) is 58.9 Å². The van der Waals surface area contributed by atoms with Crippen molar-refractivity contribution in [3.05, 3.63) is 70.4 Å². The molecule has 1 amide bonds. The molecule has 0 fully saturated rings. The molecule has 2 N–H and O–H groups in total. The lowest BCUT2D eigenvalue weighted by Gasteiger charge is -2.23. The molecular weight excluding hydrogens is 320 g/mol. The van der Waals surface area contributed by atoms with E-state index in [1.807, 2.05) is 12.1 Å². The Kier molecular flexibility index (Phi) is 4.31. The van der Waals surface area contributed by atoms with Crippen LogP contribution in [0.5, 0.6) is 0 Å². The predicted molar refractivity (Wildman–Crippen MR) is 107 cm³/mol. The fourth-order valence-electron chi connectivity index (χ4n) is 3.96. The van der Waals surface area contributed by atoms with Crippen molar-refractivity contribution in [2.24, 2.45) is 0 Å². The van der Waals surface area contributed by atoms with Gasteiger partial charge in [-0.2, -0.15) is 0 Å². The Morgan fingerprint density at radius 1 is 1.15 bits per heavy atom. The van der Waals surface area contributed by atoms with Crippen LogP contribution in [-0.4, -0.2) is 16.9 Å². The van der Waals surface area contributed by atoms with Crippen molar-refractivity contribution in [3.8, 4) is 0 Å². The number of hydrogen-bond acceptors (Lipinski definition) is 1. The maximum Gasteiger partial charge on any atom is 0.251 e. The monoisotopic (exact) mass is 346 g/mol. The van der Waals surface area contributed by atoms with Gasteiger partial charge < -0.3 is 10.3 Å². The molecule has 1 unspecified atom stereocenters. The zero-order chi connectivity index (χ0) is 18.3. The second-order valence-corrected chi connectivity index (χ2v) is 7.82. The molecule has 1 aliphatic rings. The van der Waals surface area contributed by atoms with E-state index in [1.54, 1.807) is 0 Å². The highest BCUT2D eigenvalue weighted by Crippen LogP contribution is 2.30. The van der Waals surface area contributed by atoms with Gasteiger partial charge in [0.2, 0.25) is 0 Å². The topological polar surface area (TPSA) is 44.9 Å². The summed E-state index contributed by atoms with van der Waals surface area (Å²) in [4.78, 5) is 16.2. The molecule has 134 valence electrons. The number of fused-ring (bicyclic) bond motifs is 3. The first kappa shape index (κ1) is 16.9. The highest BCUT2D eigenvalue weighted by Gasteiger charge is 2.24. The van der Waals surface area contributed by atoms with E-state index in [0.29, 0.717) is 5.92 Å². The lowest BCUT2D eigenvalue weighted by molar-refractivity contribution is 0.0933. The number of hydrogen-bond donors (Lipinski definition) is 2. The molecule has 0 aliphatic heterocycles. The minimum absolute atomic E-state index is 0.0284. The predicted octanol–water partition coefficient (Wildman–Crippen LogP) is 4.89. The van der Waals surface area contributed by atoms with Gasteiger partial charge in [0.15, 0.2) is 0 Å². The van der Waals surface area contributed by atoms with Gasteiger partial charge in [-0.05, 0) is 61.1 Å². The zero-order valence-corrected chi connectivity index (χ0v) is 15.7. The van der Waals surface area contributed by atoms with E-state index >= 15 is 0 Å². The van der Waals surface area contributed by atoms with Gasteiger partial charge in [-0.3, -0.25) is 4.79 Å². The van der Waals surface area contributed by atoms with Crippen molar-refractivity contribution in [3.63, 3.8) is 0 Å². The van der Waals surface area contributed by atoms with Crippen molar-refractivity contribution in [2.45, 2.75) is 52.0 Å². The third-order valence-electron chi connectivity index (χ3n) is 5.52. The molecule has 2 aromatic carbocycles. The highest BCUT2D eigenvalue weighted by molar-refractivity contribution is 5.94. The van der Waals surface area contributed by atoms with Gasteiger partial charge in [-0.1, -0.05) is 37.6 Å². The average molecular weight is 346 g/mol. The molecule has 3 heteroatoms. The third-order valence-corrected chi connectivity index (χ3v) is 5.52. The first-order valence-corrected chi connectivity index (χ1v) is 9.52. The molecule has 0 saturated heterocycles. The summed E-state index contributed by atoms with van der Waals surface area (Å²) in [6, 6.07) is 14.7. The number of H-pyrrole nitrogens is 1. The number of nitrogens with one attached hydrogen (secondary N) is 2. The van der Waals surface area contributed by atoms with Crippen LogP contribution < -0.4 is 5.32 Å². The van der Waals surface area contributed by atoms with Crippen molar-refractivity contribution >= 4 is 16.8 Å². The first-order valence-electron chi connectivity index (χ1n) is 9.52. The summed E-state index contributed by atoms with van der Waals surface area (Å²) >= 11 is 0. The summed E-state index contributed by atoms with van der Waals surface area (Å²) in [6.07, 6.45) is 2.87. The van der Waals surface area contributed by atoms with Crippen LogP contribution in [0.2, 0.25) is 0 Å². The molecule has 1 aromatic heterocycles. The van der Waals surface area contributed by atoms with Crippen LogP contribution in [0.3, 0.4) is 0 Å². The average Bonchev–Trinajstić information content (AvgIpc) is 2.98. The quantitative estimate of drug-likeness (QED) is 0.697. The SMILES string of the molecule is Cc1ccc2[nH]c3c(c2c1)CCC(NC(=O)c1ccc(C(C)C)cc1)C3. The molecule has 0 saturated carbocycles. The summed E-state index contributed by atoms with van der Waals surface area (Å²) in [5, 5.41) is 4.56. The zero-order valence-electron chi connectivity index (χ0n) is 15.7. The number of carbonyl (C=O) groups excluding carboxylic acids is 1. The van der Waals surface area contributed by atoms with Gasteiger partial charge in [0.05, 0.1) is 0 Å². The fraction of sp³-hybridized carbons (Fsp3) is 0.348. The van der Waals surface area contributed by atoms with Crippen LogP contribution in [0, 0.1) is 6.92 Å². The van der Waals surface area contributed by atoms with E-state index in [4.69, 9.17) is 0 Å². The number of benzene rings is 2. The first-order chi connectivity index (χ1) is 12.5. The Morgan fingerprint density at radius 3 is 2.65 bits per heavy atom. The van der Waals surface area contributed by atoms with Crippen LogP contribution in [0.4, 0.5) is 0 Å². The van der Waals surface area contributed by atoms with E-state index in [0.717, 1.165) is 24.8 Å². The normalized spacial score (nSPS) is 16.7. The molecule has 0 bridgehead atoms. The standard InChI is InChI=1S/C23H26N2O/c1-14(2)16-5-7-17(8-6-16)23(26)24-18-9-10-19-20-12-15(3)4-11-21(20)25-22(19)13-18/h4-8,11-12,14,18,25H,9-10,13H2,1-3H3,(H,24,26). The molecule has 3 nitrogen and oxygen atoms in total. The van der Waals surface area contributed by atoms with Crippen LogP contribution >= 0.6 is 0 Å². The summed E-state index contributed by atoms with van der Waals surface area (Å²) in [7, 11) is 0. The molecular formula is C23H26N2O. The number of aromatic amines is 1. The largest absolute Gasteiger partial charge is 0.358 e. The number of amides is 1. The third kappa shape index (κ3) is 3.14. The number of rotatable bonds is 3. The van der Waals surface area contributed by atoms with Gasteiger partial charge >= 0.3 is 0 Å². The van der Waals surface area contributed by atoms with E-state index < -0.39 is 0 Å². The van der Waals surface area contributed by atoms with Gasteiger partial charge in [0.1, 0.15) is 0 Å². The van der Waals surface area contributed by atoms with Crippen molar-refractivity contribution in [1.29, 1.82) is 0 Å². The minimum Gasteiger partial charge on any atom is -0.358 e. The van der Waals surface area contributed by atoms with E-state index in [9.17, 15) is 4.79 Å². The number of aromatic nitrogens is 1. The van der Waals surface area contributed by atoms with E-state index in [2.05, 4.69) is 61.4 Å². The summed E-state index contributed by atoms with van der Waals surface area (Å²) in [5.41, 5.74) is 7.20. The maximum atomic E-state index is 12.6. The second kappa shape index (κ2) is 6.64. The Bertz CT molecular complexity index is 950. The molecule has 3 aromatic rings. The molecule has 1 aliphatic carbocycles. The molecule has 4 rings (SSSR count). The highest BCUT2D eigenvalue weighted by atomic mass is 16.1. The van der Waals surface area contributed by atoms with Gasteiger partial charge in [-0.25, -0.2) is 0 Å². The Morgan fingerprint density at radius 2 is 1.92 bits per heavy atom. The fourth-order valence-corrected chi connectivity index (χ4v) is 3.96. The number of carbonyl (C=O) groups is 1. The van der Waals surface area contributed by atoms with Gasteiger partial charge in [0.25, 0.3) is 5.91 Å². The van der Waals surface area contributed by atoms with Crippen molar-refractivity contribution in [2.75, 3.05) is 0 Å². The van der Waals surface area contributed by atoms with Crippen molar-refractivity contribution < 1.29 is 4.79 Å². The second-order valence-electron chi connectivity index (χ2n) is 7.82. The summed E-state index contributed by atoms with van der Waals surface area (Å²) in [6.45, 7) is 6.46. The van der Waals surface area contributed by atoms with Crippen LogP contribution in [-0.2, 0) is 12.8 Å². The maximum absolute atomic E-state index is 12.6. The summed E-state index contributed by atoms with van der Waals surface area (Å²) in [5.74, 6) is 0.509. The Labute approximate surface area is 154 Å². The lowest BCUT2D eigenvalue weighted by Crippen LogP contribution is -2.38. The minimum atomic E-state index is 0.0284. The lowest BCUT2D eigenvalue weighted by atomic mass is 9.91. The van der Waals surface area contributed by atoms with E-state index in [1.165, 1.54) is 33.3 Å². The molecule has 26 heavy (non-hydrogen) atoms. The van der Waals surface area contributed by atoms with Crippen LogP contribution in [0.15, 0.2) is 42.5 Å².